The maximum absolute atomic E-state index is 12.4. The van der Waals surface area contributed by atoms with Crippen molar-refractivity contribution in [1.29, 1.82) is 0 Å². The molecule has 0 aromatic carbocycles. The molecule has 26 heavy (non-hydrogen) atoms. The zero-order chi connectivity index (χ0) is 19.3. The van der Waals surface area contributed by atoms with Crippen molar-refractivity contribution < 1.29 is 9.53 Å². The van der Waals surface area contributed by atoms with Gasteiger partial charge in [-0.05, 0) is 74.4 Å². The Morgan fingerprint density at radius 3 is 2.62 bits per heavy atom. The van der Waals surface area contributed by atoms with Crippen molar-refractivity contribution in [2.24, 2.45) is 0 Å². The Hall–Kier alpha value is -1.44. The van der Waals surface area contributed by atoms with Crippen molar-refractivity contribution in [3.05, 3.63) is 44.7 Å². The molecule has 0 saturated heterocycles. The Labute approximate surface area is 168 Å². The van der Waals surface area contributed by atoms with E-state index in [4.69, 9.17) is 4.74 Å². The van der Waals surface area contributed by atoms with Gasteiger partial charge in [-0.3, -0.25) is 9.80 Å². The molecule has 0 N–H and O–H groups in total. The highest BCUT2D eigenvalue weighted by atomic mass is 79.9. The lowest BCUT2D eigenvalue weighted by atomic mass is 10.2. The number of carbonyl (C=O) groups is 1. The van der Waals surface area contributed by atoms with E-state index in [-0.39, 0.29) is 6.09 Å². The lowest BCUT2D eigenvalue weighted by Crippen LogP contribution is -2.37. The number of rotatable bonds is 6. The van der Waals surface area contributed by atoms with E-state index in [2.05, 4.69) is 44.3 Å². The normalized spacial score (nSPS) is 11.7. The first-order chi connectivity index (χ1) is 12.2. The molecule has 0 atom stereocenters. The van der Waals surface area contributed by atoms with E-state index in [1.165, 1.54) is 4.88 Å². The van der Waals surface area contributed by atoms with Gasteiger partial charge in [-0.25, -0.2) is 9.78 Å². The molecule has 7 heteroatoms. The van der Waals surface area contributed by atoms with Crippen molar-refractivity contribution in [2.45, 2.75) is 46.4 Å². The molecular weight excluding hydrogens is 414 g/mol. The maximum atomic E-state index is 12.4. The third-order valence-corrected chi connectivity index (χ3v) is 5.20. The average molecular weight is 440 g/mol. The molecule has 0 fully saturated rings. The zero-order valence-electron chi connectivity index (χ0n) is 16.0. The molecule has 1 amide bonds. The number of aromatic nitrogens is 1. The number of thiophene rings is 1. The topological polar surface area (TPSA) is 45.7 Å². The molecule has 142 valence electrons. The van der Waals surface area contributed by atoms with Gasteiger partial charge in [-0.15, -0.1) is 11.3 Å². The van der Waals surface area contributed by atoms with Gasteiger partial charge in [-0.1, -0.05) is 0 Å². The summed E-state index contributed by atoms with van der Waals surface area (Å²) in [5.41, 5.74) is 0.576. The Morgan fingerprint density at radius 2 is 2.04 bits per heavy atom. The molecule has 0 unspecified atom stereocenters. The largest absolute Gasteiger partial charge is 0.443 e. The van der Waals surface area contributed by atoms with E-state index in [9.17, 15) is 4.79 Å². The van der Waals surface area contributed by atoms with Crippen LogP contribution in [0.2, 0.25) is 0 Å². The van der Waals surface area contributed by atoms with Gasteiger partial charge in [0, 0.05) is 40.6 Å². The first kappa shape index (κ1) is 20.9. The molecule has 2 aromatic rings. The van der Waals surface area contributed by atoms with Crippen LogP contribution < -0.4 is 4.90 Å². The molecule has 2 heterocycles. The van der Waals surface area contributed by atoms with Gasteiger partial charge in [0.25, 0.3) is 0 Å². The van der Waals surface area contributed by atoms with Gasteiger partial charge < -0.3 is 4.74 Å². The number of ether oxygens (including phenoxy) is 1. The molecule has 2 rings (SSSR count). The van der Waals surface area contributed by atoms with Crippen LogP contribution in [0.5, 0.6) is 0 Å². The van der Waals surface area contributed by atoms with Crippen LogP contribution in [0.3, 0.4) is 0 Å². The van der Waals surface area contributed by atoms with Gasteiger partial charge in [0.05, 0.1) is 0 Å². The van der Waals surface area contributed by atoms with Crippen molar-refractivity contribution in [3.8, 4) is 0 Å². The summed E-state index contributed by atoms with van der Waals surface area (Å²) in [5, 5.41) is 2.09. The minimum atomic E-state index is -0.530. The monoisotopic (exact) mass is 439 g/mol. The van der Waals surface area contributed by atoms with Crippen LogP contribution >= 0.6 is 27.3 Å². The molecule has 0 saturated carbocycles. The third-order valence-electron chi connectivity index (χ3n) is 3.52. The van der Waals surface area contributed by atoms with Crippen molar-refractivity contribution in [1.82, 2.24) is 9.88 Å². The highest BCUT2D eigenvalue weighted by molar-refractivity contribution is 9.10. The predicted molar refractivity (Wildman–Crippen MR) is 111 cm³/mol. The minimum Gasteiger partial charge on any atom is -0.443 e. The second-order valence-corrected chi connectivity index (χ2v) is 9.06. The first-order valence-corrected chi connectivity index (χ1v) is 10.2. The van der Waals surface area contributed by atoms with E-state index >= 15 is 0 Å². The molecule has 2 aromatic heterocycles. The van der Waals surface area contributed by atoms with Gasteiger partial charge in [0.15, 0.2) is 0 Å². The zero-order valence-corrected chi connectivity index (χ0v) is 18.4. The van der Waals surface area contributed by atoms with Crippen LogP contribution in [-0.4, -0.2) is 35.2 Å². The van der Waals surface area contributed by atoms with Crippen LogP contribution in [0.1, 0.15) is 38.1 Å². The molecular formula is C19H26BrN3O2S. The third kappa shape index (κ3) is 6.37. The minimum absolute atomic E-state index is 0.374. The van der Waals surface area contributed by atoms with E-state index in [1.807, 2.05) is 39.8 Å². The van der Waals surface area contributed by atoms with Gasteiger partial charge >= 0.3 is 6.09 Å². The summed E-state index contributed by atoms with van der Waals surface area (Å²) in [7, 11) is 2.08. The molecule has 0 aliphatic rings. The molecule has 0 spiro atoms. The van der Waals surface area contributed by atoms with E-state index in [1.54, 1.807) is 22.4 Å². The fourth-order valence-electron chi connectivity index (χ4n) is 2.48. The number of hydrogen-bond donors (Lipinski definition) is 0. The Balaban J connectivity index is 2.06. The molecule has 5 nitrogen and oxygen atoms in total. The van der Waals surface area contributed by atoms with Crippen LogP contribution in [0.15, 0.2) is 34.2 Å². The summed E-state index contributed by atoms with van der Waals surface area (Å²) < 4.78 is 6.60. The van der Waals surface area contributed by atoms with Crippen LogP contribution in [0, 0.1) is 0 Å². The highest BCUT2D eigenvalue weighted by Gasteiger charge is 2.23. The number of pyridine rings is 1. The Kier molecular flexibility index (Phi) is 7.20. The number of carbonyl (C=O) groups excluding carboxylic acids is 1. The second-order valence-electron chi connectivity index (χ2n) is 7.15. The van der Waals surface area contributed by atoms with Crippen LogP contribution in [0.4, 0.5) is 10.6 Å². The number of anilines is 1. The van der Waals surface area contributed by atoms with E-state index in [0.29, 0.717) is 12.4 Å². The van der Waals surface area contributed by atoms with E-state index in [0.717, 1.165) is 23.1 Å². The van der Waals surface area contributed by atoms with Crippen LogP contribution in [-0.2, 0) is 17.8 Å². The summed E-state index contributed by atoms with van der Waals surface area (Å²) in [6.45, 7) is 9.65. The maximum Gasteiger partial charge on any atom is 0.415 e. The molecule has 0 radical (unpaired) electrons. The quantitative estimate of drug-likeness (QED) is 0.612. The van der Waals surface area contributed by atoms with Crippen LogP contribution in [0.25, 0.3) is 0 Å². The molecule has 0 bridgehead atoms. The summed E-state index contributed by atoms with van der Waals surface area (Å²) in [5.74, 6) is 0.617. The van der Waals surface area contributed by atoms with Gasteiger partial charge in [0.2, 0.25) is 0 Å². The summed E-state index contributed by atoms with van der Waals surface area (Å²) in [6.07, 6.45) is 1.37. The summed E-state index contributed by atoms with van der Waals surface area (Å²) in [6, 6.07) is 6.07. The lowest BCUT2D eigenvalue weighted by molar-refractivity contribution is 0.0581. The fourth-order valence-corrected chi connectivity index (χ4v) is 4.01. The summed E-state index contributed by atoms with van der Waals surface area (Å²) >= 11 is 5.23. The Bertz CT molecular complexity index is 742. The number of amides is 1. The average Bonchev–Trinajstić information content (AvgIpc) is 2.91. The number of hydrogen-bond acceptors (Lipinski definition) is 5. The van der Waals surface area contributed by atoms with Crippen molar-refractivity contribution >= 4 is 39.2 Å². The second kappa shape index (κ2) is 8.97. The van der Waals surface area contributed by atoms with Gasteiger partial charge in [0.1, 0.15) is 11.4 Å². The SMILES string of the molecule is CCN(C(=O)OC(C)(C)C)c1cc(CN(C)Cc2cc(Br)cs2)ccn1. The Morgan fingerprint density at radius 1 is 1.31 bits per heavy atom. The van der Waals surface area contributed by atoms with E-state index < -0.39 is 5.60 Å². The molecule has 0 aliphatic heterocycles. The predicted octanol–water partition coefficient (Wildman–Crippen LogP) is 5.30. The van der Waals surface area contributed by atoms with Gasteiger partial charge in [-0.2, -0.15) is 0 Å². The smallest absolute Gasteiger partial charge is 0.415 e. The van der Waals surface area contributed by atoms with Crippen molar-refractivity contribution in [2.75, 3.05) is 18.5 Å². The van der Waals surface area contributed by atoms with Crippen molar-refractivity contribution in [3.63, 3.8) is 0 Å². The summed E-state index contributed by atoms with van der Waals surface area (Å²) in [4.78, 5) is 21.9. The highest BCUT2D eigenvalue weighted by Crippen LogP contribution is 2.22. The number of halogens is 1. The fraction of sp³-hybridized carbons (Fsp3) is 0.474. The first-order valence-electron chi connectivity index (χ1n) is 8.55. The lowest BCUT2D eigenvalue weighted by Gasteiger charge is -2.26. The number of nitrogens with zero attached hydrogens (tertiary/aromatic N) is 3. The standard InChI is InChI=1S/C19H26BrN3O2S/c1-6-23(18(24)25-19(2,3)4)17-9-14(7-8-21-17)11-22(5)12-16-10-15(20)13-26-16/h7-10,13H,6,11-12H2,1-5H3. The molecule has 0 aliphatic carbocycles.